The van der Waals surface area contributed by atoms with Crippen LogP contribution in [0, 0.1) is 0 Å². The average molecular weight is 408 g/mol. The van der Waals surface area contributed by atoms with Gasteiger partial charge in [-0.25, -0.2) is 0 Å². The quantitative estimate of drug-likeness (QED) is 0.604. The predicted molar refractivity (Wildman–Crippen MR) is 121 cm³/mol. The van der Waals surface area contributed by atoms with Crippen LogP contribution in [0.4, 0.5) is 0 Å². The maximum atomic E-state index is 6.15. The molecule has 5 nitrogen and oxygen atoms in total. The Kier molecular flexibility index (Phi) is 6.90. The molecule has 0 amide bonds. The van der Waals surface area contributed by atoms with Gasteiger partial charge in [0.25, 0.3) is 0 Å². The first kappa shape index (κ1) is 20.7. The van der Waals surface area contributed by atoms with E-state index >= 15 is 0 Å². The standard InChI is InChI=1S/C25H33N3O2/c1-26-24(28-16-12-23(13-17-28)30-22-10-6-3-7-11-22)27-20-25(14-18-29-19-15-25)21-8-4-2-5-9-21/h2-11,23H,12-20H2,1H3,(H,26,27). The fourth-order valence-electron chi connectivity index (χ4n) is 4.58. The number of likely N-dealkylation sites (tertiary alicyclic amines) is 1. The van der Waals surface area contributed by atoms with Crippen molar-refractivity contribution in [2.45, 2.75) is 37.2 Å². The van der Waals surface area contributed by atoms with Crippen molar-refractivity contribution < 1.29 is 9.47 Å². The van der Waals surface area contributed by atoms with Crippen LogP contribution in [0.1, 0.15) is 31.2 Å². The number of aliphatic imine (C=N–C) groups is 1. The Balaban J connectivity index is 1.34. The molecule has 0 unspecified atom stereocenters. The monoisotopic (exact) mass is 407 g/mol. The minimum atomic E-state index is 0.101. The first-order valence-corrected chi connectivity index (χ1v) is 11.1. The highest BCUT2D eigenvalue weighted by atomic mass is 16.5. The fourth-order valence-corrected chi connectivity index (χ4v) is 4.58. The molecule has 4 rings (SSSR count). The number of piperidine rings is 1. The van der Waals surface area contributed by atoms with E-state index in [4.69, 9.17) is 9.47 Å². The van der Waals surface area contributed by atoms with E-state index in [-0.39, 0.29) is 11.5 Å². The third-order valence-corrected chi connectivity index (χ3v) is 6.42. The van der Waals surface area contributed by atoms with Crippen LogP contribution in [0.3, 0.4) is 0 Å². The lowest BCUT2D eigenvalue weighted by Gasteiger charge is -2.40. The van der Waals surface area contributed by atoms with Crippen LogP contribution in [0.15, 0.2) is 65.7 Å². The molecule has 2 aromatic rings. The predicted octanol–water partition coefficient (Wildman–Crippen LogP) is 3.85. The summed E-state index contributed by atoms with van der Waals surface area (Å²) in [7, 11) is 1.88. The zero-order chi connectivity index (χ0) is 20.7. The Morgan fingerprint density at radius 3 is 2.30 bits per heavy atom. The molecule has 1 N–H and O–H groups in total. The van der Waals surface area contributed by atoms with Gasteiger partial charge in [-0.15, -0.1) is 0 Å². The summed E-state index contributed by atoms with van der Waals surface area (Å²) in [6, 6.07) is 21.0. The van der Waals surface area contributed by atoms with Crippen LogP contribution in [-0.2, 0) is 10.2 Å². The molecule has 2 aliphatic heterocycles. The molecule has 0 aliphatic carbocycles. The van der Waals surface area contributed by atoms with E-state index < -0.39 is 0 Å². The molecule has 2 aliphatic rings. The lowest BCUT2D eigenvalue weighted by atomic mass is 9.74. The highest BCUT2D eigenvalue weighted by molar-refractivity contribution is 5.80. The Morgan fingerprint density at radius 1 is 1.03 bits per heavy atom. The van der Waals surface area contributed by atoms with E-state index in [0.717, 1.165) is 70.2 Å². The molecule has 30 heavy (non-hydrogen) atoms. The number of ether oxygens (including phenoxy) is 2. The molecule has 5 heteroatoms. The molecule has 0 atom stereocenters. The van der Waals surface area contributed by atoms with Gasteiger partial charge in [-0.1, -0.05) is 48.5 Å². The molecule has 160 valence electrons. The molecule has 0 radical (unpaired) electrons. The maximum absolute atomic E-state index is 6.15. The summed E-state index contributed by atoms with van der Waals surface area (Å²) in [5, 5.41) is 3.69. The molecule has 0 aromatic heterocycles. The van der Waals surface area contributed by atoms with Crippen molar-refractivity contribution in [3.05, 3.63) is 66.2 Å². The summed E-state index contributed by atoms with van der Waals surface area (Å²) < 4.78 is 11.8. The van der Waals surface area contributed by atoms with Crippen LogP contribution in [0.2, 0.25) is 0 Å². The summed E-state index contributed by atoms with van der Waals surface area (Å²) in [6.45, 7) is 4.43. The summed E-state index contributed by atoms with van der Waals surface area (Å²) in [4.78, 5) is 6.95. The lowest BCUT2D eigenvalue weighted by molar-refractivity contribution is 0.0509. The Hall–Kier alpha value is -2.53. The van der Waals surface area contributed by atoms with Crippen LogP contribution >= 0.6 is 0 Å². The number of guanidine groups is 1. The smallest absolute Gasteiger partial charge is 0.193 e. The zero-order valence-electron chi connectivity index (χ0n) is 17.9. The molecule has 2 saturated heterocycles. The molecule has 0 bridgehead atoms. The van der Waals surface area contributed by atoms with E-state index in [1.54, 1.807) is 0 Å². The van der Waals surface area contributed by atoms with Gasteiger partial charge < -0.3 is 19.7 Å². The van der Waals surface area contributed by atoms with Crippen LogP contribution in [-0.4, -0.2) is 56.9 Å². The van der Waals surface area contributed by atoms with E-state index in [1.807, 2.05) is 37.4 Å². The van der Waals surface area contributed by atoms with Crippen molar-refractivity contribution in [3.8, 4) is 5.75 Å². The molecular weight excluding hydrogens is 374 g/mol. The number of hydrogen-bond donors (Lipinski definition) is 1. The highest BCUT2D eigenvalue weighted by Crippen LogP contribution is 2.34. The minimum absolute atomic E-state index is 0.101. The molecule has 2 aromatic carbocycles. The van der Waals surface area contributed by atoms with Crippen LogP contribution in [0.25, 0.3) is 0 Å². The molecule has 2 fully saturated rings. The van der Waals surface area contributed by atoms with Crippen molar-refractivity contribution in [3.63, 3.8) is 0 Å². The minimum Gasteiger partial charge on any atom is -0.490 e. The molecule has 0 saturated carbocycles. The second-order valence-electron chi connectivity index (χ2n) is 8.28. The van der Waals surface area contributed by atoms with Gasteiger partial charge in [0.05, 0.1) is 0 Å². The summed E-state index contributed by atoms with van der Waals surface area (Å²) in [5.74, 6) is 1.96. The van der Waals surface area contributed by atoms with Gasteiger partial charge in [-0.05, 0) is 30.5 Å². The summed E-state index contributed by atoms with van der Waals surface area (Å²) >= 11 is 0. The van der Waals surface area contributed by atoms with Gasteiger partial charge in [-0.3, -0.25) is 4.99 Å². The van der Waals surface area contributed by atoms with Crippen LogP contribution in [0.5, 0.6) is 5.75 Å². The SMILES string of the molecule is CN=C(NCC1(c2ccccc2)CCOCC1)N1CCC(Oc2ccccc2)CC1. The Morgan fingerprint density at radius 2 is 1.67 bits per heavy atom. The van der Waals surface area contributed by atoms with Gasteiger partial charge in [0.1, 0.15) is 11.9 Å². The van der Waals surface area contributed by atoms with Gasteiger partial charge in [0.15, 0.2) is 5.96 Å². The largest absolute Gasteiger partial charge is 0.490 e. The number of rotatable bonds is 5. The van der Waals surface area contributed by atoms with E-state index in [9.17, 15) is 0 Å². The normalized spacial score (nSPS) is 20.0. The second kappa shape index (κ2) is 9.98. The van der Waals surface area contributed by atoms with Crippen molar-refractivity contribution in [1.29, 1.82) is 0 Å². The first-order chi connectivity index (χ1) is 14.8. The Bertz CT molecular complexity index is 796. The number of hydrogen-bond acceptors (Lipinski definition) is 3. The van der Waals surface area contributed by atoms with Crippen LogP contribution < -0.4 is 10.1 Å². The average Bonchev–Trinajstić information content (AvgIpc) is 2.82. The third-order valence-electron chi connectivity index (χ3n) is 6.42. The fraction of sp³-hybridized carbons (Fsp3) is 0.480. The van der Waals surface area contributed by atoms with E-state index in [2.05, 4.69) is 45.5 Å². The lowest BCUT2D eigenvalue weighted by Crippen LogP contribution is -2.51. The van der Waals surface area contributed by atoms with E-state index in [1.165, 1.54) is 5.56 Å². The molecule has 2 heterocycles. The highest BCUT2D eigenvalue weighted by Gasteiger charge is 2.35. The number of benzene rings is 2. The van der Waals surface area contributed by atoms with Gasteiger partial charge in [0, 0.05) is 58.2 Å². The summed E-state index contributed by atoms with van der Waals surface area (Å²) in [6.07, 6.45) is 4.36. The van der Waals surface area contributed by atoms with Gasteiger partial charge in [-0.2, -0.15) is 0 Å². The maximum Gasteiger partial charge on any atom is 0.193 e. The molecule has 0 spiro atoms. The van der Waals surface area contributed by atoms with Crippen molar-refractivity contribution >= 4 is 5.96 Å². The summed E-state index contributed by atoms with van der Waals surface area (Å²) in [5.41, 5.74) is 1.50. The third kappa shape index (κ3) is 4.96. The zero-order valence-corrected chi connectivity index (χ0v) is 17.9. The number of para-hydroxylation sites is 1. The number of nitrogens with zero attached hydrogens (tertiary/aromatic N) is 2. The molecular formula is C25H33N3O2. The van der Waals surface area contributed by atoms with Crippen molar-refractivity contribution in [2.75, 3.05) is 39.9 Å². The van der Waals surface area contributed by atoms with Gasteiger partial charge >= 0.3 is 0 Å². The number of nitrogens with one attached hydrogen (secondary N) is 1. The van der Waals surface area contributed by atoms with Gasteiger partial charge in [0.2, 0.25) is 0 Å². The topological polar surface area (TPSA) is 46.1 Å². The second-order valence-corrected chi connectivity index (χ2v) is 8.28. The van der Waals surface area contributed by atoms with Crippen molar-refractivity contribution in [1.82, 2.24) is 10.2 Å². The Labute approximate surface area is 180 Å². The van der Waals surface area contributed by atoms with Crippen molar-refractivity contribution in [2.24, 2.45) is 4.99 Å². The van der Waals surface area contributed by atoms with E-state index in [0.29, 0.717) is 0 Å². The first-order valence-electron chi connectivity index (χ1n) is 11.1.